The van der Waals surface area contributed by atoms with Crippen LogP contribution in [0.3, 0.4) is 0 Å². The number of nitrogens with zero attached hydrogens (tertiary/aromatic N) is 1. The molecule has 6 heteroatoms. The molecule has 0 fully saturated rings. The Morgan fingerprint density at radius 3 is 2.44 bits per heavy atom. The third kappa shape index (κ3) is 6.10. The second-order valence-electron chi connectivity index (χ2n) is 6.29. The zero-order valence-electron chi connectivity index (χ0n) is 15.9. The van der Waals surface area contributed by atoms with Gasteiger partial charge in [-0.2, -0.15) is 0 Å². The molecule has 2 aromatic carbocycles. The van der Waals surface area contributed by atoms with Crippen LogP contribution < -0.4 is 5.32 Å². The Bertz CT molecular complexity index is 780. The van der Waals surface area contributed by atoms with Crippen LogP contribution in [-0.4, -0.2) is 35.1 Å². The highest BCUT2D eigenvalue weighted by molar-refractivity contribution is 8.00. The number of nitrogens with one attached hydrogen (secondary N) is 1. The molecule has 0 bridgehead atoms. The molecule has 0 saturated carbocycles. The van der Waals surface area contributed by atoms with Gasteiger partial charge in [0.15, 0.2) is 0 Å². The van der Waals surface area contributed by atoms with Crippen LogP contribution >= 0.6 is 11.8 Å². The van der Waals surface area contributed by atoms with Gasteiger partial charge in [0.25, 0.3) is 0 Å². The normalized spacial score (nSPS) is 11.7. The summed E-state index contributed by atoms with van der Waals surface area (Å²) in [5.41, 5.74) is 1.54. The first-order chi connectivity index (χ1) is 12.9. The third-order valence-electron chi connectivity index (χ3n) is 4.20. The summed E-state index contributed by atoms with van der Waals surface area (Å²) < 4.78 is 14.1. The molecular formula is C21H25FN2O2S. The number of amides is 2. The van der Waals surface area contributed by atoms with Crippen LogP contribution in [0.15, 0.2) is 53.4 Å². The Labute approximate surface area is 164 Å². The van der Waals surface area contributed by atoms with E-state index in [4.69, 9.17) is 0 Å². The molecule has 2 rings (SSSR count). The van der Waals surface area contributed by atoms with Gasteiger partial charge in [0.05, 0.1) is 5.75 Å². The van der Waals surface area contributed by atoms with Crippen molar-refractivity contribution in [3.05, 3.63) is 65.5 Å². The minimum atomic E-state index is -0.685. The van der Waals surface area contributed by atoms with Gasteiger partial charge in [0.2, 0.25) is 11.8 Å². The summed E-state index contributed by atoms with van der Waals surface area (Å²) in [5.74, 6) is -0.656. The van der Waals surface area contributed by atoms with Gasteiger partial charge in [-0.05, 0) is 39.0 Å². The lowest BCUT2D eigenvalue weighted by molar-refractivity contribution is -0.138. The molecule has 27 heavy (non-hydrogen) atoms. The van der Waals surface area contributed by atoms with E-state index in [-0.39, 0.29) is 29.9 Å². The topological polar surface area (TPSA) is 49.4 Å². The third-order valence-corrected chi connectivity index (χ3v) is 5.20. The molecule has 1 unspecified atom stereocenters. The monoisotopic (exact) mass is 388 g/mol. The molecule has 144 valence electrons. The van der Waals surface area contributed by atoms with Crippen LogP contribution in [0.1, 0.15) is 25.0 Å². The summed E-state index contributed by atoms with van der Waals surface area (Å²) in [6.45, 7) is 6.02. The number of hydrogen-bond acceptors (Lipinski definition) is 3. The van der Waals surface area contributed by atoms with Crippen molar-refractivity contribution in [1.82, 2.24) is 10.2 Å². The van der Waals surface area contributed by atoms with Crippen LogP contribution in [0.5, 0.6) is 0 Å². The maximum Gasteiger partial charge on any atom is 0.242 e. The number of thioether (sulfide) groups is 1. The summed E-state index contributed by atoms with van der Waals surface area (Å²) >= 11 is 1.41. The molecule has 4 nitrogen and oxygen atoms in total. The van der Waals surface area contributed by atoms with Crippen LogP contribution in [0.25, 0.3) is 0 Å². The van der Waals surface area contributed by atoms with Crippen LogP contribution in [0.4, 0.5) is 4.39 Å². The van der Waals surface area contributed by atoms with Gasteiger partial charge >= 0.3 is 0 Å². The number of likely N-dealkylation sites (N-methyl/N-ethyl adjacent to an activating group) is 1. The van der Waals surface area contributed by atoms with E-state index in [9.17, 15) is 14.0 Å². The molecule has 2 aromatic rings. The first-order valence-corrected chi connectivity index (χ1v) is 9.91. The molecule has 2 amide bonds. The zero-order valence-corrected chi connectivity index (χ0v) is 16.7. The van der Waals surface area contributed by atoms with Crippen LogP contribution in [0, 0.1) is 12.7 Å². The van der Waals surface area contributed by atoms with Gasteiger partial charge in [-0.1, -0.05) is 35.9 Å². The lowest BCUT2D eigenvalue weighted by Crippen LogP contribution is -2.48. The Morgan fingerprint density at radius 1 is 1.15 bits per heavy atom. The number of carbonyl (C=O) groups is 2. The smallest absolute Gasteiger partial charge is 0.242 e. The fraction of sp³-hybridized carbons (Fsp3) is 0.333. The van der Waals surface area contributed by atoms with Crippen LogP contribution in [0.2, 0.25) is 0 Å². The largest absolute Gasteiger partial charge is 0.355 e. The molecule has 0 aliphatic heterocycles. The van der Waals surface area contributed by atoms with Crippen LogP contribution in [-0.2, 0) is 16.1 Å². The quantitative estimate of drug-likeness (QED) is 0.700. The standard InChI is InChI=1S/C21H25FN2O2S/c1-4-23-21(26)16(3)24(13-17-7-5-6-8-19(17)22)20(25)14-27-18-11-9-15(2)10-12-18/h5-12,16H,4,13-14H2,1-3H3,(H,23,26). The van der Waals surface area contributed by atoms with E-state index in [0.717, 1.165) is 10.5 Å². The van der Waals surface area contributed by atoms with E-state index in [2.05, 4.69) is 5.32 Å². The van der Waals surface area contributed by atoms with Gasteiger partial charge < -0.3 is 10.2 Å². The first-order valence-electron chi connectivity index (χ1n) is 8.92. The fourth-order valence-corrected chi connectivity index (χ4v) is 3.36. The summed E-state index contributed by atoms with van der Waals surface area (Å²) in [5, 5.41) is 2.73. The lowest BCUT2D eigenvalue weighted by Gasteiger charge is -2.28. The maximum absolute atomic E-state index is 14.1. The lowest BCUT2D eigenvalue weighted by atomic mass is 10.1. The Morgan fingerprint density at radius 2 is 1.81 bits per heavy atom. The average molecular weight is 389 g/mol. The van der Waals surface area contributed by atoms with Crippen molar-refractivity contribution < 1.29 is 14.0 Å². The van der Waals surface area contributed by atoms with Crippen molar-refractivity contribution in [2.75, 3.05) is 12.3 Å². The Balaban J connectivity index is 2.14. The number of aryl methyl sites for hydroxylation is 1. The van der Waals surface area contributed by atoms with Crippen molar-refractivity contribution in [3.8, 4) is 0 Å². The maximum atomic E-state index is 14.1. The zero-order chi connectivity index (χ0) is 19.8. The number of rotatable bonds is 8. The van der Waals surface area contributed by atoms with Crippen molar-refractivity contribution in [1.29, 1.82) is 0 Å². The number of benzene rings is 2. The number of hydrogen-bond donors (Lipinski definition) is 1. The van der Waals surface area contributed by atoms with E-state index in [1.807, 2.05) is 38.1 Å². The highest BCUT2D eigenvalue weighted by atomic mass is 32.2. The molecule has 1 N–H and O–H groups in total. The molecular weight excluding hydrogens is 363 g/mol. The van der Waals surface area contributed by atoms with E-state index in [1.165, 1.54) is 22.7 Å². The average Bonchev–Trinajstić information content (AvgIpc) is 2.66. The van der Waals surface area contributed by atoms with Gasteiger partial charge in [0, 0.05) is 23.5 Å². The minimum Gasteiger partial charge on any atom is -0.355 e. The summed E-state index contributed by atoms with van der Waals surface area (Å²) in [7, 11) is 0. The minimum absolute atomic E-state index is 0.0538. The van der Waals surface area contributed by atoms with Crippen molar-refractivity contribution in [2.24, 2.45) is 0 Å². The predicted octanol–water partition coefficient (Wildman–Crippen LogP) is 3.78. The molecule has 0 heterocycles. The SMILES string of the molecule is CCNC(=O)C(C)N(Cc1ccccc1F)C(=O)CSc1ccc(C)cc1. The number of carbonyl (C=O) groups excluding carboxylic acids is 2. The highest BCUT2D eigenvalue weighted by Crippen LogP contribution is 2.20. The molecule has 0 aliphatic carbocycles. The second kappa shape index (κ2) is 10.1. The number of halogens is 1. The van der Waals surface area contributed by atoms with Gasteiger partial charge in [-0.3, -0.25) is 9.59 Å². The molecule has 0 aliphatic rings. The van der Waals surface area contributed by atoms with Gasteiger partial charge in [-0.25, -0.2) is 4.39 Å². The fourth-order valence-electron chi connectivity index (χ4n) is 2.58. The molecule has 0 aromatic heterocycles. The Hall–Kier alpha value is -2.34. The molecule has 1 atom stereocenters. The molecule has 0 saturated heterocycles. The summed E-state index contributed by atoms with van der Waals surface area (Å²) in [4.78, 5) is 27.5. The summed E-state index contributed by atoms with van der Waals surface area (Å²) in [6.07, 6.45) is 0. The van der Waals surface area contributed by atoms with E-state index >= 15 is 0 Å². The van der Waals surface area contributed by atoms with E-state index in [1.54, 1.807) is 25.1 Å². The van der Waals surface area contributed by atoms with Crippen molar-refractivity contribution in [2.45, 2.75) is 38.3 Å². The van der Waals surface area contributed by atoms with Crippen molar-refractivity contribution in [3.63, 3.8) is 0 Å². The summed E-state index contributed by atoms with van der Waals surface area (Å²) in [6, 6.07) is 13.5. The predicted molar refractivity (Wildman–Crippen MR) is 107 cm³/mol. The van der Waals surface area contributed by atoms with E-state index in [0.29, 0.717) is 12.1 Å². The first kappa shape index (κ1) is 21.0. The Kier molecular flexibility index (Phi) is 7.85. The van der Waals surface area contributed by atoms with Crippen molar-refractivity contribution >= 4 is 23.6 Å². The second-order valence-corrected chi connectivity index (χ2v) is 7.33. The molecule has 0 radical (unpaired) electrons. The van der Waals surface area contributed by atoms with Gasteiger partial charge in [-0.15, -0.1) is 11.8 Å². The van der Waals surface area contributed by atoms with Gasteiger partial charge in [0.1, 0.15) is 11.9 Å². The highest BCUT2D eigenvalue weighted by Gasteiger charge is 2.26. The van der Waals surface area contributed by atoms with E-state index < -0.39 is 6.04 Å². The molecule has 0 spiro atoms.